The summed E-state index contributed by atoms with van der Waals surface area (Å²) in [5, 5.41) is 9.14. The third-order valence-corrected chi connectivity index (χ3v) is 5.10. The molecule has 0 aliphatic carbocycles. The van der Waals surface area contributed by atoms with E-state index in [1.54, 1.807) is 29.9 Å². The van der Waals surface area contributed by atoms with Crippen LogP contribution in [0.25, 0.3) is 5.69 Å². The summed E-state index contributed by atoms with van der Waals surface area (Å²) in [5.41, 5.74) is 2.42. The van der Waals surface area contributed by atoms with Crippen molar-refractivity contribution < 1.29 is 9.59 Å². The molecule has 3 rings (SSSR count). The van der Waals surface area contributed by atoms with Gasteiger partial charge >= 0.3 is 0 Å². The second kappa shape index (κ2) is 7.03. The molecule has 5 nitrogen and oxygen atoms in total. The van der Waals surface area contributed by atoms with Crippen molar-refractivity contribution in [3.63, 3.8) is 0 Å². The Morgan fingerprint density at radius 3 is 2.48 bits per heavy atom. The summed E-state index contributed by atoms with van der Waals surface area (Å²) in [4.78, 5) is 26.1. The normalized spacial score (nSPS) is 12.0. The predicted octanol–water partition coefficient (Wildman–Crippen LogP) is 3.61. The summed E-state index contributed by atoms with van der Waals surface area (Å²) in [7, 11) is 0. The molecule has 0 saturated heterocycles. The molecule has 0 fully saturated rings. The van der Waals surface area contributed by atoms with Gasteiger partial charge in [0, 0.05) is 4.88 Å². The van der Waals surface area contributed by atoms with E-state index in [-0.39, 0.29) is 6.04 Å². The molecule has 1 atom stereocenters. The zero-order valence-electron chi connectivity index (χ0n) is 14.3. The number of aromatic nitrogens is 2. The standard InChI is InChI=1S/C19H19N3O2S/c1-12(16-10-7-11-25-16)20-19(24)18(23)17-13(2)21-22(14(17)3)15-8-5-4-6-9-15/h4-12H,1-3H3,(H,20,24). The van der Waals surface area contributed by atoms with Crippen molar-refractivity contribution in [1.82, 2.24) is 15.1 Å². The Bertz CT molecular complexity index is 898. The van der Waals surface area contributed by atoms with E-state index in [0.717, 1.165) is 10.6 Å². The predicted molar refractivity (Wildman–Crippen MR) is 98.2 cm³/mol. The highest BCUT2D eigenvalue weighted by Crippen LogP contribution is 2.20. The lowest BCUT2D eigenvalue weighted by Crippen LogP contribution is -2.33. The van der Waals surface area contributed by atoms with Gasteiger partial charge in [-0.3, -0.25) is 9.59 Å². The van der Waals surface area contributed by atoms with Gasteiger partial charge in [-0.2, -0.15) is 5.10 Å². The number of nitrogens with zero attached hydrogens (tertiary/aromatic N) is 2. The van der Waals surface area contributed by atoms with E-state index < -0.39 is 11.7 Å². The molecule has 1 N–H and O–H groups in total. The first kappa shape index (κ1) is 17.1. The molecule has 1 aromatic carbocycles. The zero-order valence-corrected chi connectivity index (χ0v) is 15.1. The van der Waals surface area contributed by atoms with E-state index in [2.05, 4.69) is 10.4 Å². The van der Waals surface area contributed by atoms with Crippen LogP contribution < -0.4 is 5.32 Å². The van der Waals surface area contributed by atoms with Crippen LogP contribution in [0.5, 0.6) is 0 Å². The number of rotatable bonds is 5. The summed E-state index contributed by atoms with van der Waals surface area (Å²) in [6.07, 6.45) is 0. The highest BCUT2D eigenvalue weighted by Gasteiger charge is 2.26. The molecule has 6 heteroatoms. The first-order chi connectivity index (χ1) is 12.0. The lowest BCUT2D eigenvalue weighted by atomic mass is 10.1. The summed E-state index contributed by atoms with van der Waals surface area (Å²) in [6, 6.07) is 13.2. The molecular weight excluding hydrogens is 334 g/mol. The third kappa shape index (κ3) is 3.39. The Hall–Kier alpha value is -2.73. The van der Waals surface area contributed by atoms with Crippen LogP contribution in [-0.4, -0.2) is 21.5 Å². The number of nitrogens with one attached hydrogen (secondary N) is 1. The highest BCUT2D eigenvalue weighted by molar-refractivity contribution is 7.10. The fraction of sp³-hybridized carbons (Fsp3) is 0.211. The summed E-state index contributed by atoms with van der Waals surface area (Å²) in [6.45, 7) is 5.41. The van der Waals surface area contributed by atoms with Crippen molar-refractivity contribution in [2.45, 2.75) is 26.8 Å². The fourth-order valence-electron chi connectivity index (χ4n) is 2.78. The SMILES string of the molecule is Cc1nn(-c2ccccc2)c(C)c1C(=O)C(=O)NC(C)c1cccs1. The van der Waals surface area contributed by atoms with Gasteiger partial charge in [-0.1, -0.05) is 24.3 Å². The Morgan fingerprint density at radius 1 is 1.12 bits per heavy atom. The van der Waals surface area contributed by atoms with E-state index in [1.165, 1.54) is 0 Å². The molecular formula is C19H19N3O2S. The van der Waals surface area contributed by atoms with Gasteiger partial charge in [0.15, 0.2) is 0 Å². The Balaban J connectivity index is 1.85. The first-order valence-corrected chi connectivity index (χ1v) is 8.87. The maximum absolute atomic E-state index is 12.7. The van der Waals surface area contributed by atoms with Crippen LogP contribution >= 0.6 is 11.3 Å². The Kier molecular flexibility index (Phi) is 4.81. The maximum Gasteiger partial charge on any atom is 0.293 e. The smallest absolute Gasteiger partial charge is 0.293 e. The van der Waals surface area contributed by atoms with E-state index in [0.29, 0.717) is 17.0 Å². The lowest BCUT2D eigenvalue weighted by Gasteiger charge is -2.11. The second-order valence-corrected chi connectivity index (χ2v) is 6.81. The number of ketones is 1. The second-order valence-electron chi connectivity index (χ2n) is 5.83. The van der Waals surface area contributed by atoms with Crippen LogP contribution in [0, 0.1) is 13.8 Å². The van der Waals surface area contributed by atoms with E-state index in [1.807, 2.05) is 54.8 Å². The average Bonchev–Trinajstić information content (AvgIpc) is 3.23. The molecule has 128 valence electrons. The van der Waals surface area contributed by atoms with Crippen LogP contribution in [0.2, 0.25) is 0 Å². The minimum absolute atomic E-state index is 0.207. The van der Waals surface area contributed by atoms with E-state index in [9.17, 15) is 9.59 Å². The summed E-state index contributed by atoms with van der Waals surface area (Å²) >= 11 is 1.55. The van der Waals surface area contributed by atoms with Gasteiger partial charge in [0.2, 0.25) is 0 Å². The van der Waals surface area contributed by atoms with Crippen molar-refractivity contribution >= 4 is 23.0 Å². The van der Waals surface area contributed by atoms with Gasteiger partial charge in [-0.25, -0.2) is 4.68 Å². The maximum atomic E-state index is 12.7. The van der Waals surface area contributed by atoms with Crippen molar-refractivity contribution in [3.8, 4) is 5.69 Å². The number of aryl methyl sites for hydroxylation is 1. The van der Waals surface area contributed by atoms with Crippen LogP contribution in [0.4, 0.5) is 0 Å². The molecule has 0 aliphatic rings. The molecule has 2 aromatic heterocycles. The number of carbonyl (C=O) groups excluding carboxylic acids is 2. The minimum atomic E-state index is -0.611. The number of amides is 1. The average molecular weight is 353 g/mol. The molecule has 1 amide bonds. The van der Waals surface area contributed by atoms with Crippen LogP contribution in [-0.2, 0) is 4.79 Å². The van der Waals surface area contributed by atoms with Crippen molar-refractivity contribution in [1.29, 1.82) is 0 Å². The Labute approximate surface area is 150 Å². The summed E-state index contributed by atoms with van der Waals surface area (Å²) in [5.74, 6) is -1.17. The number of thiophene rings is 1. The van der Waals surface area contributed by atoms with Crippen molar-refractivity contribution in [3.05, 3.63) is 69.7 Å². The number of carbonyl (C=O) groups is 2. The van der Waals surface area contributed by atoms with E-state index in [4.69, 9.17) is 0 Å². The monoisotopic (exact) mass is 353 g/mol. The Morgan fingerprint density at radius 2 is 1.84 bits per heavy atom. The molecule has 0 spiro atoms. The number of para-hydroxylation sites is 1. The van der Waals surface area contributed by atoms with Gasteiger partial charge in [0.1, 0.15) is 0 Å². The molecule has 1 unspecified atom stereocenters. The molecule has 25 heavy (non-hydrogen) atoms. The van der Waals surface area contributed by atoms with Crippen molar-refractivity contribution in [2.75, 3.05) is 0 Å². The van der Waals surface area contributed by atoms with Gasteiger partial charge in [-0.05, 0) is 44.4 Å². The first-order valence-electron chi connectivity index (χ1n) is 7.99. The molecule has 0 aliphatic heterocycles. The van der Waals surface area contributed by atoms with Gasteiger partial charge < -0.3 is 5.32 Å². The van der Waals surface area contributed by atoms with Gasteiger partial charge in [0.25, 0.3) is 11.7 Å². The van der Waals surface area contributed by atoms with Gasteiger partial charge in [0.05, 0.1) is 28.7 Å². The lowest BCUT2D eigenvalue weighted by molar-refractivity contribution is -0.117. The number of benzene rings is 1. The van der Waals surface area contributed by atoms with E-state index >= 15 is 0 Å². The largest absolute Gasteiger partial charge is 0.342 e. The number of hydrogen-bond acceptors (Lipinski definition) is 4. The highest BCUT2D eigenvalue weighted by atomic mass is 32.1. The number of Topliss-reactive ketones (excluding diaryl/α,β-unsaturated/α-hetero) is 1. The van der Waals surface area contributed by atoms with Gasteiger partial charge in [-0.15, -0.1) is 11.3 Å². The van der Waals surface area contributed by atoms with Crippen LogP contribution in [0.15, 0.2) is 47.8 Å². The topological polar surface area (TPSA) is 64.0 Å². The molecule has 2 heterocycles. The third-order valence-electron chi connectivity index (χ3n) is 4.04. The fourth-order valence-corrected chi connectivity index (χ4v) is 3.51. The van der Waals surface area contributed by atoms with Crippen molar-refractivity contribution in [2.24, 2.45) is 0 Å². The minimum Gasteiger partial charge on any atom is -0.342 e. The quantitative estimate of drug-likeness (QED) is 0.563. The molecule has 0 saturated carbocycles. The summed E-state index contributed by atoms with van der Waals surface area (Å²) < 4.78 is 1.69. The number of hydrogen-bond donors (Lipinski definition) is 1. The van der Waals surface area contributed by atoms with Crippen LogP contribution in [0.3, 0.4) is 0 Å². The molecule has 0 radical (unpaired) electrons. The molecule has 0 bridgehead atoms. The van der Waals surface area contributed by atoms with Crippen LogP contribution in [0.1, 0.15) is 39.6 Å². The zero-order chi connectivity index (χ0) is 18.0. The molecule has 3 aromatic rings.